The van der Waals surface area contributed by atoms with Crippen molar-refractivity contribution in [1.29, 1.82) is 5.26 Å². The third-order valence-corrected chi connectivity index (χ3v) is 6.46. The molecule has 1 unspecified atom stereocenters. The number of pyridine rings is 1. The highest BCUT2D eigenvalue weighted by atomic mass is 35.5. The zero-order chi connectivity index (χ0) is 22.6. The minimum atomic E-state index is -0.513. The van der Waals surface area contributed by atoms with Crippen LogP contribution < -0.4 is 10.6 Å². The lowest BCUT2D eigenvalue weighted by atomic mass is 9.68. The third-order valence-electron chi connectivity index (χ3n) is 6.23. The van der Waals surface area contributed by atoms with Gasteiger partial charge in [0.2, 0.25) is 0 Å². The van der Waals surface area contributed by atoms with Crippen molar-refractivity contribution in [2.45, 2.75) is 32.6 Å². The molecule has 6 nitrogen and oxygen atoms in total. The van der Waals surface area contributed by atoms with Gasteiger partial charge in [-0.3, -0.25) is 9.69 Å². The number of Topliss-reactive ketones (excluding diaryl/α,β-unsaturated/α-hetero) is 1. The molecule has 0 saturated heterocycles. The van der Waals surface area contributed by atoms with Crippen molar-refractivity contribution in [3.05, 3.63) is 82.0 Å². The highest BCUT2D eigenvalue weighted by Gasteiger charge is 2.45. The van der Waals surface area contributed by atoms with Crippen LogP contribution in [0, 0.1) is 16.7 Å². The first kappa shape index (κ1) is 20.3. The van der Waals surface area contributed by atoms with E-state index >= 15 is 0 Å². The number of aromatic nitrogens is 2. The molecule has 1 aliphatic heterocycles. The number of benzene rings is 1. The van der Waals surface area contributed by atoms with Gasteiger partial charge in [0.15, 0.2) is 5.78 Å². The van der Waals surface area contributed by atoms with E-state index in [1.54, 1.807) is 17.0 Å². The zero-order valence-electron chi connectivity index (χ0n) is 17.8. The van der Waals surface area contributed by atoms with Crippen LogP contribution in [0.25, 0.3) is 10.9 Å². The maximum absolute atomic E-state index is 13.5. The summed E-state index contributed by atoms with van der Waals surface area (Å²) in [7, 11) is 0. The largest absolute Gasteiger partial charge is 0.384 e. The van der Waals surface area contributed by atoms with Gasteiger partial charge >= 0.3 is 0 Å². The number of anilines is 1. The predicted molar refractivity (Wildman–Crippen MR) is 125 cm³/mol. The van der Waals surface area contributed by atoms with Crippen molar-refractivity contribution in [1.82, 2.24) is 9.97 Å². The molecule has 1 atom stereocenters. The number of aromatic amines is 1. The number of hydrogen-bond donors (Lipinski definition) is 2. The van der Waals surface area contributed by atoms with Crippen LogP contribution in [-0.2, 0) is 4.79 Å². The molecule has 1 aliphatic carbocycles. The average Bonchev–Trinajstić information content (AvgIpc) is 3.21. The van der Waals surface area contributed by atoms with Crippen LogP contribution in [0.3, 0.4) is 0 Å². The monoisotopic (exact) mass is 443 g/mol. The van der Waals surface area contributed by atoms with Crippen LogP contribution in [-0.4, -0.2) is 15.8 Å². The molecule has 3 N–H and O–H groups in total. The van der Waals surface area contributed by atoms with Gasteiger partial charge in [-0.15, -0.1) is 0 Å². The maximum atomic E-state index is 13.5. The summed E-state index contributed by atoms with van der Waals surface area (Å²) in [5.74, 6) is 0.360. The van der Waals surface area contributed by atoms with Crippen molar-refractivity contribution < 1.29 is 4.79 Å². The molecule has 0 amide bonds. The molecule has 1 aromatic carbocycles. The summed E-state index contributed by atoms with van der Waals surface area (Å²) in [5, 5.41) is 11.7. The number of hydrogen-bond acceptors (Lipinski definition) is 5. The van der Waals surface area contributed by atoms with Crippen LogP contribution in [0.2, 0.25) is 5.02 Å². The molecule has 0 radical (unpaired) electrons. The second-order valence-corrected chi connectivity index (χ2v) is 9.58. The standard InChI is InChI=1S/C25H22ClN5O/c1-25(2)10-19-23(20(32)11-25)22(15-3-5-18-14(9-15)7-8-29-18)17(12-27)24(28)31(19)21-6-4-16(26)13-30-21/h3-9,13,22,29H,10-11,28H2,1-2H3. The SMILES string of the molecule is CC1(C)CC(=O)C2=C(C1)N(c1ccc(Cl)cn1)C(N)=C(C#N)C2c1ccc2[nH]ccc2c1. The van der Waals surface area contributed by atoms with Crippen LogP contribution in [0.1, 0.15) is 38.2 Å². The number of H-pyrrole nitrogens is 1. The molecule has 32 heavy (non-hydrogen) atoms. The van der Waals surface area contributed by atoms with E-state index in [0.717, 1.165) is 22.2 Å². The number of carbonyl (C=O) groups is 1. The molecule has 2 aliphatic rings. The molecule has 2 aromatic heterocycles. The molecule has 3 aromatic rings. The summed E-state index contributed by atoms with van der Waals surface area (Å²) in [5.41, 5.74) is 10.0. The van der Waals surface area contributed by atoms with Crippen LogP contribution in [0.5, 0.6) is 0 Å². The molecule has 5 rings (SSSR count). The van der Waals surface area contributed by atoms with Crippen molar-refractivity contribution in [3.63, 3.8) is 0 Å². The number of allylic oxidation sites excluding steroid dienone is 3. The summed E-state index contributed by atoms with van der Waals surface area (Å²) in [6.45, 7) is 4.14. The number of nitrogens with two attached hydrogens (primary N) is 1. The molecule has 160 valence electrons. The van der Waals surface area contributed by atoms with E-state index in [1.165, 1.54) is 6.20 Å². The lowest BCUT2D eigenvalue weighted by Crippen LogP contribution is -2.42. The van der Waals surface area contributed by atoms with E-state index in [4.69, 9.17) is 17.3 Å². The Labute approximate surface area is 191 Å². The molecule has 3 heterocycles. The number of nitriles is 1. The van der Waals surface area contributed by atoms with Gasteiger partial charge in [0.05, 0.1) is 22.6 Å². The van der Waals surface area contributed by atoms with E-state index < -0.39 is 5.92 Å². The second kappa shape index (κ2) is 7.25. The van der Waals surface area contributed by atoms with Crippen LogP contribution in [0.4, 0.5) is 5.82 Å². The summed E-state index contributed by atoms with van der Waals surface area (Å²) in [6, 6.07) is 13.7. The van der Waals surface area contributed by atoms with Gasteiger partial charge in [0, 0.05) is 35.6 Å². The lowest BCUT2D eigenvalue weighted by Gasteiger charge is -2.43. The normalized spacial score (nSPS) is 20.5. The number of nitrogens with zero attached hydrogens (tertiary/aromatic N) is 3. The molecule has 0 bridgehead atoms. The minimum Gasteiger partial charge on any atom is -0.384 e. The second-order valence-electron chi connectivity index (χ2n) is 9.14. The van der Waals surface area contributed by atoms with E-state index in [0.29, 0.717) is 40.6 Å². The Balaban J connectivity index is 1.77. The Morgan fingerprint density at radius 1 is 1.25 bits per heavy atom. The minimum absolute atomic E-state index is 0.0367. The lowest BCUT2D eigenvalue weighted by molar-refractivity contribution is -0.118. The van der Waals surface area contributed by atoms with E-state index in [9.17, 15) is 10.1 Å². The zero-order valence-corrected chi connectivity index (χ0v) is 18.6. The fourth-order valence-electron chi connectivity index (χ4n) is 4.86. The summed E-state index contributed by atoms with van der Waals surface area (Å²) >= 11 is 6.05. The summed E-state index contributed by atoms with van der Waals surface area (Å²) in [4.78, 5) is 22.9. The summed E-state index contributed by atoms with van der Waals surface area (Å²) in [6.07, 6.45) is 4.46. The Hall–Kier alpha value is -3.56. The first-order valence-electron chi connectivity index (χ1n) is 10.4. The molecule has 0 spiro atoms. The highest BCUT2D eigenvalue weighted by Crippen LogP contribution is 2.50. The first-order valence-corrected chi connectivity index (χ1v) is 10.8. The van der Waals surface area contributed by atoms with Gasteiger partial charge in [-0.1, -0.05) is 31.5 Å². The molecular weight excluding hydrogens is 422 g/mol. The van der Waals surface area contributed by atoms with Gasteiger partial charge < -0.3 is 10.7 Å². The van der Waals surface area contributed by atoms with Gasteiger partial charge in [-0.2, -0.15) is 5.26 Å². The number of fused-ring (bicyclic) bond motifs is 1. The van der Waals surface area contributed by atoms with E-state index in [2.05, 4.69) is 29.9 Å². The number of rotatable bonds is 2. The molecular formula is C25H22ClN5O. The number of carbonyl (C=O) groups excluding carboxylic acids is 1. The molecule has 0 saturated carbocycles. The number of nitrogens with one attached hydrogen (secondary N) is 1. The highest BCUT2D eigenvalue weighted by molar-refractivity contribution is 6.30. The number of halogens is 1. The van der Waals surface area contributed by atoms with Crippen molar-refractivity contribution in [2.75, 3.05) is 4.90 Å². The third kappa shape index (κ3) is 3.17. The fourth-order valence-corrected chi connectivity index (χ4v) is 4.97. The quantitative estimate of drug-likeness (QED) is 0.570. The van der Waals surface area contributed by atoms with E-state index in [1.807, 2.05) is 30.5 Å². The van der Waals surface area contributed by atoms with Gasteiger partial charge in [-0.25, -0.2) is 4.98 Å². The first-order chi connectivity index (χ1) is 15.3. The van der Waals surface area contributed by atoms with Gasteiger partial charge in [0.25, 0.3) is 0 Å². The smallest absolute Gasteiger partial charge is 0.162 e. The Morgan fingerprint density at radius 2 is 2.06 bits per heavy atom. The molecule has 7 heteroatoms. The predicted octanol–water partition coefficient (Wildman–Crippen LogP) is 5.16. The fraction of sp³-hybridized carbons (Fsp3) is 0.240. The van der Waals surface area contributed by atoms with Crippen LogP contribution in [0.15, 0.2) is 71.5 Å². The summed E-state index contributed by atoms with van der Waals surface area (Å²) < 4.78 is 0. The van der Waals surface area contributed by atoms with Gasteiger partial charge in [-0.05, 0) is 53.1 Å². The Bertz CT molecular complexity index is 1360. The van der Waals surface area contributed by atoms with Gasteiger partial charge in [0.1, 0.15) is 11.6 Å². The molecule has 0 fully saturated rings. The average molecular weight is 444 g/mol. The maximum Gasteiger partial charge on any atom is 0.162 e. The van der Waals surface area contributed by atoms with E-state index in [-0.39, 0.29) is 11.2 Å². The van der Waals surface area contributed by atoms with Crippen molar-refractivity contribution >= 4 is 34.1 Å². The number of ketones is 1. The topological polar surface area (TPSA) is 98.8 Å². The Morgan fingerprint density at radius 3 is 2.78 bits per heavy atom. The van der Waals surface area contributed by atoms with Crippen molar-refractivity contribution in [3.8, 4) is 6.07 Å². The van der Waals surface area contributed by atoms with Crippen LogP contribution >= 0.6 is 11.6 Å². The van der Waals surface area contributed by atoms with Crippen molar-refractivity contribution in [2.24, 2.45) is 11.1 Å². The Kier molecular flexibility index (Phi) is 4.61.